The van der Waals surface area contributed by atoms with Crippen LogP contribution in [0.2, 0.25) is 0 Å². The molecule has 28 heavy (non-hydrogen) atoms. The van der Waals surface area contributed by atoms with Crippen molar-refractivity contribution in [3.05, 3.63) is 76.5 Å². The number of hydrogen-bond donors (Lipinski definition) is 1. The quantitative estimate of drug-likeness (QED) is 0.593. The van der Waals surface area contributed by atoms with Gasteiger partial charge < -0.3 is 10.1 Å². The molecule has 0 saturated heterocycles. The summed E-state index contributed by atoms with van der Waals surface area (Å²) in [5.41, 5.74) is 1.75. The summed E-state index contributed by atoms with van der Waals surface area (Å²) >= 11 is 6.10. The summed E-state index contributed by atoms with van der Waals surface area (Å²) in [5.74, 6) is -1.47. The summed E-state index contributed by atoms with van der Waals surface area (Å²) in [5, 5.41) is 2.71. The van der Waals surface area contributed by atoms with E-state index in [1.807, 2.05) is 30.3 Å². The molecule has 1 N–H and O–H groups in total. The molecular weight excluding hydrogens is 380 g/mol. The van der Waals surface area contributed by atoms with E-state index in [0.29, 0.717) is 11.3 Å². The van der Waals surface area contributed by atoms with Gasteiger partial charge in [0.05, 0.1) is 18.2 Å². The van der Waals surface area contributed by atoms with Crippen LogP contribution in [0, 0.1) is 0 Å². The zero-order chi connectivity index (χ0) is 20.3. The molecule has 1 aliphatic heterocycles. The number of imide groups is 1. The van der Waals surface area contributed by atoms with Crippen LogP contribution in [0.1, 0.15) is 29.8 Å². The molecule has 1 aliphatic rings. The molecular formula is C21H19ClN2O4. The van der Waals surface area contributed by atoms with Crippen molar-refractivity contribution in [3.8, 4) is 0 Å². The minimum Gasteiger partial charge on any atom is -0.459 e. The fourth-order valence-electron chi connectivity index (χ4n) is 2.68. The van der Waals surface area contributed by atoms with Gasteiger partial charge in [0.2, 0.25) is 0 Å². The normalized spacial score (nSPS) is 14.1. The number of ether oxygens (including phenoxy) is 1. The lowest BCUT2D eigenvalue weighted by Gasteiger charge is -2.15. The number of rotatable bonds is 6. The number of nitrogens with one attached hydrogen (secondary N) is 1. The number of hydrogen-bond acceptors (Lipinski definition) is 5. The second-order valence-corrected chi connectivity index (χ2v) is 6.91. The number of halogens is 1. The summed E-state index contributed by atoms with van der Waals surface area (Å²) in [6.45, 7) is 3.68. The molecule has 0 saturated carbocycles. The van der Waals surface area contributed by atoms with Crippen molar-refractivity contribution in [2.75, 3.05) is 5.32 Å². The molecule has 2 aromatic carbocycles. The number of benzene rings is 2. The van der Waals surface area contributed by atoms with Gasteiger partial charge in [0.15, 0.2) is 0 Å². The van der Waals surface area contributed by atoms with Gasteiger partial charge in [0.25, 0.3) is 11.8 Å². The van der Waals surface area contributed by atoms with Crippen molar-refractivity contribution in [2.24, 2.45) is 0 Å². The maximum Gasteiger partial charge on any atom is 0.338 e. The van der Waals surface area contributed by atoms with Crippen LogP contribution in [0.15, 0.2) is 65.3 Å². The average molecular weight is 399 g/mol. The molecule has 144 valence electrons. The van der Waals surface area contributed by atoms with E-state index in [-0.39, 0.29) is 23.4 Å². The first-order chi connectivity index (χ1) is 13.4. The Kier molecular flexibility index (Phi) is 5.80. The van der Waals surface area contributed by atoms with Gasteiger partial charge in [0, 0.05) is 5.69 Å². The van der Waals surface area contributed by atoms with Gasteiger partial charge in [-0.25, -0.2) is 4.79 Å². The van der Waals surface area contributed by atoms with Crippen LogP contribution >= 0.6 is 11.6 Å². The molecule has 2 aromatic rings. The van der Waals surface area contributed by atoms with Gasteiger partial charge in [-0.1, -0.05) is 41.9 Å². The lowest BCUT2D eigenvalue weighted by Crippen LogP contribution is -2.31. The van der Waals surface area contributed by atoms with Crippen LogP contribution < -0.4 is 5.32 Å². The first-order valence-corrected chi connectivity index (χ1v) is 9.12. The van der Waals surface area contributed by atoms with Crippen LogP contribution in [0.25, 0.3) is 0 Å². The topological polar surface area (TPSA) is 75.7 Å². The lowest BCUT2D eigenvalue weighted by molar-refractivity contribution is -0.138. The maximum absolute atomic E-state index is 12.7. The van der Waals surface area contributed by atoms with Crippen molar-refractivity contribution >= 4 is 35.1 Å². The predicted octanol–water partition coefficient (Wildman–Crippen LogP) is 3.68. The smallest absolute Gasteiger partial charge is 0.338 e. The van der Waals surface area contributed by atoms with E-state index in [2.05, 4.69) is 5.32 Å². The van der Waals surface area contributed by atoms with Crippen molar-refractivity contribution in [3.63, 3.8) is 0 Å². The highest BCUT2D eigenvalue weighted by Crippen LogP contribution is 2.27. The fraction of sp³-hybridized carbons (Fsp3) is 0.190. The third kappa shape index (κ3) is 4.23. The molecule has 7 heteroatoms. The SMILES string of the molecule is CC(C)OC(=O)c1ccc(NC2=C(Cl)C(=O)N(Cc3ccccc3)C2=O)cc1. The Bertz CT molecular complexity index is 937. The molecule has 0 radical (unpaired) electrons. The molecule has 0 fully saturated rings. The van der Waals surface area contributed by atoms with Gasteiger partial charge in [-0.05, 0) is 43.7 Å². The second kappa shape index (κ2) is 8.27. The molecule has 0 atom stereocenters. The van der Waals surface area contributed by atoms with Crippen molar-refractivity contribution in [1.29, 1.82) is 0 Å². The number of carbonyl (C=O) groups excluding carboxylic acids is 3. The Morgan fingerprint density at radius 3 is 2.29 bits per heavy atom. The predicted molar refractivity (Wildman–Crippen MR) is 105 cm³/mol. The Hall–Kier alpha value is -3.12. The van der Waals surface area contributed by atoms with Crippen molar-refractivity contribution in [1.82, 2.24) is 4.90 Å². The Labute approximate surface area is 167 Å². The third-order valence-corrected chi connectivity index (χ3v) is 4.38. The Morgan fingerprint density at radius 1 is 1.04 bits per heavy atom. The average Bonchev–Trinajstić information content (AvgIpc) is 2.87. The fourth-order valence-corrected chi connectivity index (χ4v) is 2.91. The van der Waals surface area contributed by atoms with Crippen molar-refractivity contribution < 1.29 is 19.1 Å². The van der Waals surface area contributed by atoms with Gasteiger partial charge in [-0.3, -0.25) is 14.5 Å². The van der Waals surface area contributed by atoms with Crippen LogP contribution in [0.5, 0.6) is 0 Å². The molecule has 2 amide bonds. The summed E-state index contributed by atoms with van der Waals surface area (Å²) in [7, 11) is 0. The molecule has 0 aromatic heterocycles. The molecule has 0 unspecified atom stereocenters. The van der Waals surface area contributed by atoms with Gasteiger partial charge in [-0.2, -0.15) is 0 Å². The van der Waals surface area contributed by atoms with Crippen LogP contribution in [-0.2, 0) is 20.9 Å². The van der Waals surface area contributed by atoms with Gasteiger partial charge >= 0.3 is 5.97 Å². The maximum atomic E-state index is 12.7. The summed E-state index contributed by atoms with van der Waals surface area (Å²) in [6, 6.07) is 15.6. The van der Waals surface area contributed by atoms with E-state index in [1.165, 1.54) is 0 Å². The van der Waals surface area contributed by atoms with E-state index in [1.54, 1.807) is 38.1 Å². The minimum absolute atomic E-state index is 0.0140. The molecule has 1 heterocycles. The Balaban J connectivity index is 1.72. The zero-order valence-electron chi connectivity index (χ0n) is 15.4. The van der Waals surface area contributed by atoms with Crippen molar-refractivity contribution in [2.45, 2.75) is 26.5 Å². The van der Waals surface area contributed by atoms with E-state index in [0.717, 1.165) is 10.5 Å². The monoisotopic (exact) mass is 398 g/mol. The van der Waals surface area contributed by atoms with E-state index in [4.69, 9.17) is 16.3 Å². The summed E-state index contributed by atoms with van der Waals surface area (Å²) < 4.78 is 5.13. The lowest BCUT2D eigenvalue weighted by atomic mass is 10.2. The molecule has 0 spiro atoms. The standard InChI is InChI=1S/C21H19ClN2O4/c1-13(2)28-21(27)15-8-10-16(11-9-15)23-18-17(22)19(25)24(20(18)26)12-14-6-4-3-5-7-14/h3-11,13,23H,12H2,1-2H3. The number of anilines is 1. The van der Waals surface area contributed by atoms with E-state index >= 15 is 0 Å². The van der Waals surface area contributed by atoms with Gasteiger partial charge in [-0.15, -0.1) is 0 Å². The number of nitrogens with zero attached hydrogens (tertiary/aromatic N) is 1. The summed E-state index contributed by atoms with van der Waals surface area (Å²) in [6.07, 6.45) is -0.216. The molecule has 6 nitrogen and oxygen atoms in total. The summed E-state index contributed by atoms with van der Waals surface area (Å²) in [4.78, 5) is 38.0. The number of carbonyl (C=O) groups is 3. The van der Waals surface area contributed by atoms with E-state index in [9.17, 15) is 14.4 Å². The number of esters is 1. The minimum atomic E-state index is -0.546. The zero-order valence-corrected chi connectivity index (χ0v) is 16.2. The van der Waals surface area contributed by atoms with Gasteiger partial charge in [0.1, 0.15) is 10.7 Å². The first-order valence-electron chi connectivity index (χ1n) is 8.74. The second-order valence-electron chi connectivity index (χ2n) is 6.53. The molecule has 0 aliphatic carbocycles. The highest BCUT2D eigenvalue weighted by Gasteiger charge is 2.37. The van der Waals surface area contributed by atoms with Crippen LogP contribution in [0.3, 0.4) is 0 Å². The highest BCUT2D eigenvalue weighted by atomic mass is 35.5. The molecule has 0 bridgehead atoms. The third-order valence-electron chi connectivity index (χ3n) is 4.03. The number of amides is 2. The Morgan fingerprint density at radius 2 is 1.68 bits per heavy atom. The van der Waals surface area contributed by atoms with E-state index < -0.39 is 17.8 Å². The molecule has 3 rings (SSSR count). The van der Waals surface area contributed by atoms with Crippen LogP contribution in [0.4, 0.5) is 5.69 Å². The largest absolute Gasteiger partial charge is 0.459 e. The van der Waals surface area contributed by atoms with Crippen LogP contribution in [-0.4, -0.2) is 28.8 Å². The first kappa shape index (κ1) is 19.6. The highest BCUT2D eigenvalue weighted by molar-refractivity contribution is 6.48.